The molecule has 0 aliphatic heterocycles. The van der Waals surface area contributed by atoms with Gasteiger partial charge in [-0.2, -0.15) is 0 Å². The molecule has 92 valence electrons. The monoisotopic (exact) mass is 324 g/mol. The van der Waals surface area contributed by atoms with E-state index in [2.05, 4.69) is 20.8 Å². The normalized spacial score (nSPS) is 12.0. The summed E-state index contributed by atoms with van der Waals surface area (Å²) in [5, 5.41) is 9.25. The van der Waals surface area contributed by atoms with Gasteiger partial charge in [-0.25, -0.2) is 0 Å². The Hall–Kier alpha value is 0.719. The van der Waals surface area contributed by atoms with E-state index in [9.17, 15) is 5.26 Å². The second-order valence-electron chi connectivity index (χ2n) is 4.58. The van der Waals surface area contributed by atoms with Gasteiger partial charge < -0.3 is 0 Å². The van der Waals surface area contributed by atoms with Crippen molar-refractivity contribution in [1.29, 1.82) is 0 Å². The van der Waals surface area contributed by atoms with Gasteiger partial charge in [0.25, 0.3) is 0 Å². The van der Waals surface area contributed by atoms with Crippen molar-refractivity contribution >= 4 is 18.8 Å². The molecule has 0 unspecified atom stereocenters. The average molecular weight is 323 g/mol. The predicted octanol–water partition coefficient (Wildman–Crippen LogP) is 4.82. The van der Waals surface area contributed by atoms with Gasteiger partial charge in [0.1, 0.15) is 0 Å². The summed E-state index contributed by atoms with van der Waals surface area (Å²) in [4.78, 5) is 0. The van der Waals surface area contributed by atoms with Crippen molar-refractivity contribution < 1.29 is 8.48 Å². The maximum absolute atomic E-state index is 9.25. The number of unbranched alkanes of at least 4 members (excludes halogenated alkanes) is 3. The summed E-state index contributed by atoms with van der Waals surface area (Å²) in [5.41, 5.74) is 0. The van der Waals surface area contributed by atoms with Crippen molar-refractivity contribution in [2.24, 2.45) is 0 Å². The minimum absolute atomic E-state index is 1.21. The molecule has 0 saturated heterocycles. The Morgan fingerprint density at radius 1 is 0.800 bits per heavy atom. The van der Waals surface area contributed by atoms with E-state index >= 15 is 0 Å². The Balaban J connectivity index is 4.16. The Labute approximate surface area is 99.8 Å². The molecule has 0 spiro atoms. The minimum atomic E-state index is -2.56. The SMILES string of the molecule is CCC[CH2][Sn]([CH2]CCC)([CH2]CCC)[O]O. The van der Waals surface area contributed by atoms with Gasteiger partial charge in [-0.3, -0.25) is 0 Å². The average Bonchev–Trinajstić information content (AvgIpc) is 2.29. The first kappa shape index (κ1) is 15.7. The van der Waals surface area contributed by atoms with E-state index in [1.807, 2.05) is 0 Å². The van der Waals surface area contributed by atoms with Gasteiger partial charge in [-0.15, -0.1) is 0 Å². The molecule has 0 radical (unpaired) electrons. The van der Waals surface area contributed by atoms with Crippen molar-refractivity contribution in [2.75, 3.05) is 0 Å². The first-order valence-corrected chi connectivity index (χ1v) is 13.8. The summed E-state index contributed by atoms with van der Waals surface area (Å²) in [6, 6.07) is 0. The standard InChI is InChI=1S/3C4H9.H2O2.Sn/c3*1-3-4-2;1-2;/h3*1,3-4H2,2H3;1-2H;/q;;;;+1/p-1. The number of rotatable bonds is 10. The molecule has 0 aliphatic rings. The second kappa shape index (κ2) is 9.91. The van der Waals surface area contributed by atoms with E-state index in [1.165, 1.54) is 51.8 Å². The Morgan fingerprint density at radius 3 is 1.33 bits per heavy atom. The summed E-state index contributed by atoms with van der Waals surface area (Å²) >= 11 is -2.56. The molecule has 0 aromatic rings. The van der Waals surface area contributed by atoms with Gasteiger partial charge in [0.05, 0.1) is 0 Å². The van der Waals surface area contributed by atoms with Gasteiger partial charge in [-0.05, 0) is 0 Å². The van der Waals surface area contributed by atoms with Gasteiger partial charge in [0.2, 0.25) is 0 Å². The van der Waals surface area contributed by atoms with Crippen LogP contribution in [0.1, 0.15) is 59.3 Å². The van der Waals surface area contributed by atoms with E-state index < -0.39 is 18.8 Å². The zero-order valence-electron chi connectivity index (χ0n) is 10.7. The summed E-state index contributed by atoms with van der Waals surface area (Å²) < 4.78 is 8.68. The first-order chi connectivity index (χ1) is 7.24. The van der Waals surface area contributed by atoms with Crippen LogP contribution in [-0.4, -0.2) is 24.0 Å². The van der Waals surface area contributed by atoms with Crippen LogP contribution in [-0.2, 0) is 3.22 Å². The van der Waals surface area contributed by atoms with Crippen molar-refractivity contribution in [3.05, 3.63) is 0 Å². The molecule has 15 heavy (non-hydrogen) atoms. The van der Waals surface area contributed by atoms with E-state index in [-0.39, 0.29) is 0 Å². The first-order valence-electron chi connectivity index (χ1n) is 6.57. The van der Waals surface area contributed by atoms with Crippen LogP contribution in [0.15, 0.2) is 0 Å². The topological polar surface area (TPSA) is 29.5 Å². The zero-order chi connectivity index (χ0) is 11.6. The van der Waals surface area contributed by atoms with E-state index in [0.717, 1.165) is 0 Å². The Morgan fingerprint density at radius 2 is 1.13 bits per heavy atom. The van der Waals surface area contributed by atoms with Crippen LogP contribution in [0.4, 0.5) is 0 Å². The third kappa shape index (κ3) is 6.80. The summed E-state index contributed by atoms with van der Waals surface area (Å²) in [6.45, 7) is 6.65. The second-order valence-corrected chi connectivity index (χ2v) is 16.1. The van der Waals surface area contributed by atoms with Gasteiger partial charge in [0, 0.05) is 0 Å². The summed E-state index contributed by atoms with van der Waals surface area (Å²) in [7, 11) is 0. The van der Waals surface area contributed by atoms with Crippen LogP contribution in [0.3, 0.4) is 0 Å². The summed E-state index contributed by atoms with van der Waals surface area (Å²) in [5.74, 6) is 0. The quantitative estimate of drug-likeness (QED) is 0.355. The molecule has 0 amide bonds. The molecule has 0 saturated carbocycles. The molecule has 0 rings (SSSR count). The predicted molar refractivity (Wildman–Crippen MR) is 68.6 cm³/mol. The van der Waals surface area contributed by atoms with Crippen molar-refractivity contribution in [1.82, 2.24) is 0 Å². The number of hydrogen-bond acceptors (Lipinski definition) is 2. The summed E-state index contributed by atoms with van der Waals surface area (Å²) in [6.07, 6.45) is 7.39. The Bertz CT molecular complexity index is 118. The van der Waals surface area contributed by atoms with Crippen LogP contribution in [0.2, 0.25) is 13.3 Å². The van der Waals surface area contributed by atoms with Crippen LogP contribution in [0, 0.1) is 0 Å². The van der Waals surface area contributed by atoms with Crippen LogP contribution >= 0.6 is 0 Å². The maximum atomic E-state index is 9.25. The molecule has 0 atom stereocenters. The molecule has 2 nitrogen and oxygen atoms in total. The molecule has 0 heterocycles. The molecule has 0 bridgehead atoms. The van der Waals surface area contributed by atoms with Crippen LogP contribution in [0.25, 0.3) is 0 Å². The number of hydrogen-bond donors (Lipinski definition) is 1. The fourth-order valence-corrected chi connectivity index (χ4v) is 13.5. The van der Waals surface area contributed by atoms with E-state index in [0.29, 0.717) is 0 Å². The fourth-order valence-electron chi connectivity index (χ4n) is 2.01. The van der Waals surface area contributed by atoms with E-state index in [4.69, 9.17) is 3.22 Å². The van der Waals surface area contributed by atoms with Gasteiger partial charge >= 0.3 is 99.9 Å². The van der Waals surface area contributed by atoms with Crippen molar-refractivity contribution in [2.45, 2.75) is 72.6 Å². The fraction of sp³-hybridized carbons (Fsp3) is 1.00. The van der Waals surface area contributed by atoms with Crippen molar-refractivity contribution in [3.63, 3.8) is 0 Å². The van der Waals surface area contributed by atoms with Crippen LogP contribution in [0.5, 0.6) is 0 Å². The van der Waals surface area contributed by atoms with Crippen molar-refractivity contribution in [3.8, 4) is 0 Å². The van der Waals surface area contributed by atoms with Gasteiger partial charge in [-0.1, -0.05) is 0 Å². The van der Waals surface area contributed by atoms with E-state index in [1.54, 1.807) is 0 Å². The molecule has 0 aromatic carbocycles. The van der Waals surface area contributed by atoms with Crippen LogP contribution < -0.4 is 0 Å². The Kier molecular flexibility index (Phi) is 10.4. The molecule has 0 aliphatic carbocycles. The van der Waals surface area contributed by atoms with Gasteiger partial charge in [0.15, 0.2) is 0 Å². The molecular formula is C12H28O2Sn. The molecule has 0 aromatic heterocycles. The zero-order valence-corrected chi connectivity index (χ0v) is 13.6. The molecule has 1 N–H and O–H groups in total. The molecular weight excluding hydrogens is 295 g/mol. The third-order valence-electron chi connectivity index (χ3n) is 3.15. The molecule has 0 fully saturated rings. The molecule has 3 heteroatoms. The third-order valence-corrected chi connectivity index (χ3v) is 15.1.